The van der Waals surface area contributed by atoms with Crippen LogP contribution in [0.2, 0.25) is 0 Å². The van der Waals surface area contributed by atoms with E-state index in [1.54, 1.807) is 36.4 Å². The molecule has 0 radical (unpaired) electrons. The lowest BCUT2D eigenvalue weighted by Crippen LogP contribution is -2.34. The molecule has 3 aromatic rings. The number of hydrogen-bond acceptors (Lipinski definition) is 5. The molecule has 35 heavy (non-hydrogen) atoms. The molecule has 1 amide bonds. The number of thiocarbonyl (C=S) groups is 1. The zero-order valence-corrected chi connectivity index (χ0v) is 22.7. The van der Waals surface area contributed by atoms with Gasteiger partial charge in [-0.25, -0.2) is 8.42 Å². The molecule has 0 bridgehead atoms. The van der Waals surface area contributed by atoms with Crippen molar-refractivity contribution in [2.45, 2.75) is 32.1 Å². The molecule has 10 heteroatoms. The molecular formula is C25H26BrN3O4S2. The Balaban J connectivity index is 1.66. The number of anilines is 2. The van der Waals surface area contributed by atoms with Gasteiger partial charge in [0.05, 0.1) is 22.8 Å². The van der Waals surface area contributed by atoms with Gasteiger partial charge >= 0.3 is 0 Å². The van der Waals surface area contributed by atoms with Crippen LogP contribution in [0.3, 0.4) is 0 Å². The first-order valence-electron chi connectivity index (χ1n) is 10.8. The van der Waals surface area contributed by atoms with Gasteiger partial charge in [0.1, 0.15) is 5.75 Å². The molecule has 0 unspecified atom stereocenters. The number of amides is 1. The van der Waals surface area contributed by atoms with Crippen molar-refractivity contribution in [3.63, 3.8) is 0 Å². The molecule has 0 aliphatic carbocycles. The molecule has 0 spiro atoms. The number of rotatable bonds is 8. The smallest absolute Gasteiger partial charge is 0.261 e. The van der Waals surface area contributed by atoms with Gasteiger partial charge in [0.2, 0.25) is 0 Å². The summed E-state index contributed by atoms with van der Waals surface area (Å²) < 4.78 is 34.6. The fourth-order valence-corrected chi connectivity index (χ4v) is 4.90. The highest BCUT2D eigenvalue weighted by Gasteiger charge is 2.17. The predicted molar refractivity (Wildman–Crippen MR) is 147 cm³/mol. The fourth-order valence-electron chi connectivity index (χ4n) is 3.20. The van der Waals surface area contributed by atoms with E-state index in [0.29, 0.717) is 29.3 Å². The second-order valence-electron chi connectivity index (χ2n) is 7.85. The van der Waals surface area contributed by atoms with Crippen molar-refractivity contribution in [1.82, 2.24) is 5.32 Å². The van der Waals surface area contributed by atoms with Crippen LogP contribution in [0, 0.1) is 13.8 Å². The van der Waals surface area contributed by atoms with Gasteiger partial charge in [0.15, 0.2) is 5.11 Å². The first-order chi connectivity index (χ1) is 16.6. The Morgan fingerprint density at radius 3 is 2.40 bits per heavy atom. The summed E-state index contributed by atoms with van der Waals surface area (Å²) in [5.41, 5.74) is 3.28. The Morgan fingerprint density at radius 1 is 1.03 bits per heavy atom. The lowest BCUT2D eigenvalue weighted by Gasteiger charge is -2.14. The summed E-state index contributed by atoms with van der Waals surface area (Å²) in [4.78, 5) is 12.9. The zero-order valence-electron chi connectivity index (χ0n) is 19.5. The Hall–Kier alpha value is -2.95. The summed E-state index contributed by atoms with van der Waals surface area (Å²) in [6.07, 6.45) is 0.808. The fraction of sp³-hybridized carbons (Fsp3) is 0.200. The average Bonchev–Trinajstić information content (AvgIpc) is 2.80. The van der Waals surface area contributed by atoms with E-state index in [0.717, 1.165) is 22.0 Å². The first-order valence-corrected chi connectivity index (χ1v) is 13.5. The first kappa shape index (κ1) is 26.7. The lowest BCUT2D eigenvalue weighted by atomic mass is 10.1. The summed E-state index contributed by atoms with van der Waals surface area (Å²) in [5, 5.41) is 5.59. The number of ether oxygens (including phenoxy) is 1. The molecule has 184 valence electrons. The maximum Gasteiger partial charge on any atom is 0.261 e. The minimum Gasteiger partial charge on any atom is -0.493 e. The summed E-state index contributed by atoms with van der Waals surface area (Å²) in [5.74, 6) is 0.0352. The van der Waals surface area contributed by atoms with Gasteiger partial charge in [0.25, 0.3) is 15.9 Å². The van der Waals surface area contributed by atoms with Gasteiger partial charge in [-0.05, 0) is 86.6 Å². The number of halogens is 1. The highest BCUT2D eigenvalue weighted by Crippen LogP contribution is 2.24. The Labute approximate surface area is 219 Å². The number of nitrogens with one attached hydrogen (secondary N) is 3. The van der Waals surface area contributed by atoms with E-state index >= 15 is 0 Å². The minimum atomic E-state index is -3.76. The normalized spacial score (nSPS) is 11.0. The summed E-state index contributed by atoms with van der Waals surface area (Å²) in [6.45, 7) is 6.26. The Morgan fingerprint density at radius 2 is 1.74 bits per heavy atom. The monoisotopic (exact) mass is 575 g/mol. The van der Waals surface area contributed by atoms with E-state index in [1.807, 2.05) is 32.9 Å². The maximum absolute atomic E-state index is 12.8. The number of carbonyl (C=O) groups excluding carboxylic acids is 1. The van der Waals surface area contributed by atoms with Crippen molar-refractivity contribution < 1.29 is 17.9 Å². The molecule has 3 rings (SSSR count). The van der Waals surface area contributed by atoms with Crippen molar-refractivity contribution >= 4 is 60.6 Å². The third-order valence-corrected chi connectivity index (χ3v) is 7.00. The molecule has 3 N–H and O–H groups in total. The third-order valence-electron chi connectivity index (χ3n) is 4.92. The van der Waals surface area contributed by atoms with E-state index in [-0.39, 0.29) is 10.0 Å². The van der Waals surface area contributed by atoms with Crippen LogP contribution in [-0.4, -0.2) is 26.0 Å². The number of aryl methyl sites for hydroxylation is 2. The molecule has 0 aliphatic rings. The third kappa shape index (κ3) is 7.27. The molecule has 0 atom stereocenters. The highest BCUT2D eigenvalue weighted by atomic mass is 79.9. The van der Waals surface area contributed by atoms with Crippen LogP contribution in [0.15, 0.2) is 70.0 Å². The van der Waals surface area contributed by atoms with Crippen LogP contribution in [0.4, 0.5) is 11.4 Å². The molecule has 0 aromatic heterocycles. The van der Waals surface area contributed by atoms with E-state index in [1.165, 1.54) is 12.1 Å². The van der Waals surface area contributed by atoms with Crippen LogP contribution in [0.1, 0.15) is 34.8 Å². The number of hydrogen-bond donors (Lipinski definition) is 3. The largest absolute Gasteiger partial charge is 0.493 e. The van der Waals surface area contributed by atoms with Crippen LogP contribution in [0.5, 0.6) is 5.75 Å². The average molecular weight is 577 g/mol. The van der Waals surface area contributed by atoms with Crippen LogP contribution < -0.4 is 20.1 Å². The van der Waals surface area contributed by atoms with Gasteiger partial charge in [-0.2, -0.15) is 0 Å². The van der Waals surface area contributed by atoms with Gasteiger partial charge < -0.3 is 10.1 Å². The standard InChI is InChI=1S/C25H26BrN3O4S2/c1-4-13-33-23-12-6-18(26)15-21(23)24(30)28-25(34)27-19-7-9-20(10-8-19)35(31,32)29-22-11-5-16(2)14-17(22)3/h5-12,14-15,29H,4,13H2,1-3H3,(H2,27,28,30,34). The number of sulfonamides is 1. The minimum absolute atomic E-state index is 0.0698. The molecule has 0 fully saturated rings. The van der Waals surface area contributed by atoms with E-state index in [2.05, 4.69) is 31.3 Å². The molecular weight excluding hydrogens is 550 g/mol. The van der Waals surface area contributed by atoms with Crippen LogP contribution >= 0.6 is 28.1 Å². The van der Waals surface area contributed by atoms with Crippen molar-refractivity contribution in [2.24, 2.45) is 0 Å². The second kappa shape index (κ2) is 11.7. The SMILES string of the molecule is CCCOc1ccc(Br)cc1C(=O)NC(=S)Nc1ccc(S(=O)(=O)Nc2ccc(C)cc2C)cc1. The molecule has 3 aromatic carbocycles. The van der Waals surface area contributed by atoms with Gasteiger partial charge in [-0.3, -0.25) is 14.8 Å². The zero-order chi connectivity index (χ0) is 25.6. The molecule has 7 nitrogen and oxygen atoms in total. The maximum atomic E-state index is 12.8. The molecule has 0 heterocycles. The van der Waals surface area contributed by atoms with E-state index < -0.39 is 15.9 Å². The number of carbonyl (C=O) groups is 1. The summed E-state index contributed by atoms with van der Waals surface area (Å²) in [7, 11) is -3.76. The van der Waals surface area contributed by atoms with Gasteiger partial charge in [-0.15, -0.1) is 0 Å². The lowest BCUT2D eigenvalue weighted by molar-refractivity contribution is 0.0973. The molecule has 0 aliphatic heterocycles. The van der Waals surface area contributed by atoms with Crippen LogP contribution in [0.25, 0.3) is 0 Å². The van der Waals surface area contributed by atoms with Crippen LogP contribution in [-0.2, 0) is 10.0 Å². The quantitative estimate of drug-likeness (QED) is 0.294. The Bertz CT molecular complexity index is 1340. The predicted octanol–water partition coefficient (Wildman–Crippen LogP) is 5.78. The number of benzene rings is 3. The summed E-state index contributed by atoms with van der Waals surface area (Å²) in [6, 6.07) is 16.7. The van der Waals surface area contributed by atoms with Crippen molar-refractivity contribution in [3.8, 4) is 5.75 Å². The van der Waals surface area contributed by atoms with Crippen molar-refractivity contribution in [1.29, 1.82) is 0 Å². The van der Waals surface area contributed by atoms with E-state index in [4.69, 9.17) is 17.0 Å². The highest BCUT2D eigenvalue weighted by molar-refractivity contribution is 9.10. The topological polar surface area (TPSA) is 96.5 Å². The van der Waals surface area contributed by atoms with Gasteiger partial charge in [0, 0.05) is 10.2 Å². The van der Waals surface area contributed by atoms with E-state index in [9.17, 15) is 13.2 Å². The van der Waals surface area contributed by atoms with Gasteiger partial charge in [-0.1, -0.05) is 40.5 Å². The van der Waals surface area contributed by atoms with Crippen molar-refractivity contribution in [2.75, 3.05) is 16.6 Å². The molecule has 0 saturated heterocycles. The van der Waals surface area contributed by atoms with Crippen molar-refractivity contribution in [3.05, 3.63) is 81.8 Å². The Kier molecular flexibility index (Phi) is 8.87. The second-order valence-corrected chi connectivity index (χ2v) is 10.9. The summed E-state index contributed by atoms with van der Waals surface area (Å²) >= 11 is 8.63. The molecule has 0 saturated carbocycles.